The molecule has 1 aromatic carbocycles. The number of carbonyl (C=O) groups excluding carboxylic acids is 1. The highest BCUT2D eigenvalue weighted by Crippen LogP contribution is 2.46. The number of morpholine rings is 1. The molecule has 2 heterocycles. The van der Waals surface area contributed by atoms with Gasteiger partial charge in [-0.25, -0.2) is 0 Å². The summed E-state index contributed by atoms with van der Waals surface area (Å²) in [4.78, 5) is 17.0. The quantitative estimate of drug-likeness (QED) is 0.799. The van der Waals surface area contributed by atoms with Crippen LogP contribution in [0.4, 0.5) is 5.69 Å². The van der Waals surface area contributed by atoms with Crippen molar-refractivity contribution in [1.29, 1.82) is 0 Å². The molecule has 0 saturated carbocycles. The maximum Gasteiger partial charge on any atom is 0.171 e. The molecule has 0 spiro atoms. The molecule has 2 atom stereocenters. The zero-order valence-corrected chi connectivity index (χ0v) is 15.4. The molecule has 1 aromatic rings. The Kier molecular flexibility index (Phi) is 4.54. The Morgan fingerprint density at radius 2 is 1.88 bits per heavy atom. The predicted octanol–water partition coefficient (Wildman–Crippen LogP) is 2.98. The Hall–Kier alpha value is -1.65. The van der Waals surface area contributed by atoms with Crippen molar-refractivity contribution in [3.8, 4) is 0 Å². The number of hydrogen-bond donors (Lipinski definition) is 0. The number of ether oxygens (including phenoxy) is 1. The van der Waals surface area contributed by atoms with Gasteiger partial charge in [0.05, 0.1) is 18.8 Å². The van der Waals surface area contributed by atoms with E-state index in [1.54, 1.807) is 0 Å². The summed E-state index contributed by atoms with van der Waals surface area (Å²) in [6.07, 6.45) is 2.21. The van der Waals surface area contributed by atoms with Gasteiger partial charge in [0.15, 0.2) is 5.78 Å². The van der Waals surface area contributed by atoms with E-state index in [4.69, 9.17) is 4.74 Å². The molecule has 0 amide bonds. The highest BCUT2D eigenvalue weighted by molar-refractivity contribution is 5.94. The van der Waals surface area contributed by atoms with Gasteiger partial charge < -0.3 is 9.64 Å². The number of hydrogen-bond acceptors (Lipinski definition) is 4. The molecule has 130 valence electrons. The number of para-hydroxylation sites is 1. The third kappa shape index (κ3) is 3.13. The molecule has 0 bridgehead atoms. The van der Waals surface area contributed by atoms with Crippen molar-refractivity contribution in [2.45, 2.75) is 45.3 Å². The maximum atomic E-state index is 12.7. The summed E-state index contributed by atoms with van der Waals surface area (Å²) in [7, 11) is 2.05. The third-order valence-electron chi connectivity index (χ3n) is 5.11. The summed E-state index contributed by atoms with van der Waals surface area (Å²) >= 11 is 0. The summed E-state index contributed by atoms with van der Waals surface area (Å²) in [5.74, 6) is 0.166. The van der Waals surface area contributed by atoms with Crippen LogP contribution < -0.4 is 4.90 Å². The van der Waals surface area contributed by atoms with Gasteiger partial charge in [-0.1, -0.05) is 32.0 Å². The summed E-state index contributed by atoms with van der Waals surface area (Å²) < 4.78 is 5.75. The number of carbonyl (C=O) groups is 1. The minimum Gasteiger partial charge on any atom is -0.373 e. The number of benzene rings is 1. The summed E-state index contributed by atoms with van der Waals surface area (Å²) in [6.45, 7) is 10.6. The molecule has 3 rings (SSSR count). The van der Waals surface area contributed by atoms with Gasteiger partial charge in [0.25, 0.3) is 0 Å². The van der Waals surface area contributed by atoms with Crippen molar-refractivity contribution in [3.63, 3.8) is 0 Å². The molecule has 24 heavy (non-hydrogen) atoms. The minimum atomic E-state index is -0.146. The first kappa shape index (κ1) is 17.2. The first-order valence-corrected chi connectivity index (χ1v) is 8.75. The first-order valence-electron chi connectivity index (χ1n) is 8.75. The van der Waals surface area contributed by atoms with E-state index in [2.05, 4.69) is 55.7 Å². The Balaban J connectivity index is 1.78. The summed E-state index contributed by atoms with van der Waals surface area (Å²) in [5, 5.41) is 0. The number of rotatable bonds is 3. The number of allylic oxidation sites excluding steroid dienone is 1. The third-order valence-corrected chi connectivity index (χ3v) is 5.11. The van der Waals surface area contributed by atoms with Gasteiger partial charge in [-0.2, -0.15) is 0 Å². The van der Waals surface area contributed by atoms with Crippen LogP contribution in [0.3, 0.4) is 0 Å². The number of anilines is 1. The Labute approximate surface area is 145 Å². The summed E-state index contributed by atoms with van der Waals surface area (Å²) in [6, 6.07) is 8.39. The van der Waals surface area contributed by atoms with Crippen LogP contribution in [0.15, 0.2) is 36.0 Å². The molecule has 1 saturated heterocycles. The minimum absolute atomic E-state index is 0.146. The van der Waals surface area contributed by atoms with Crippen LogP contribution in [0.25, 0.3) is 0 Å². The SMILES string of the molecule is CC1CN(CC(=O)/C=C2/N(C)c3ccccc3C2(C)C)CC(C)O1. The van der Waals surface area contributed by atoms with E-state index in [9.17, 15) is 4.79 Å². The van der Waals surface area contributed by atoms with Gasteiger partial charge in [0, 0.05) is 43.0 Å². The van der Waals surface area contributed by atoms with Gasteiger partial charge in [-0.3, -0.25) is 9.69 Å². The molecule has 2 aliphatic heterocycles. The van der Waals surface area contributed by atoms with E-state index < -0.39 is 0 Å². The molecule has 4 nitrogen and oxygen atoms in total. The van der Waals surface area contributed by atoms with Gasteiger partial charge in [0.1, 0.15) is 0 Å². The van der Waals surface area contributed by atoms with Gasteiger partial charge >= 0.3 is 0 Å². The fourth-order valence-corrected chi connectivity index (χ4v) is 4.09. The molecule has 0 N–H and O–H groups in total. The van der Waals surface area contributed by atoms with E-state index in [0.29, 0.717) is 6.54 Å². The van der Waals surface area contributed by atoms with E-state index in [0.717, 1.165) is 18.8 Å². The number of likely N-dealkylation sites (N-methyl/N-ethyl adjacent to an activating group) is 1. The zero-order valence-electron chi connectivity index (χ0n) is 15.4. The maximum absolute atomic E-state index is 12.7. The largest absolute Gasteiger partial charge is 0.373 e. The molecule has 2 aliphatic rings. The lowest BCUT2D eigenvalue weighted by molar-refractivity contribution is -0.119. The van der Waals surface area contributed by atoms with Crippen molar-refractivity contribution < 1.29 is 9.53 Å². The zero-order chi connectivity index (χ0) is 17.5. The molecular weight excluding hydrogens is 300 g/mol. The average Bonchev–Trinajstić information content (AvgIpc) is 2.68. The van der Waals surface area contributed by atoms with Crippen LogP contribution in [-0.4, -0.2) is 49.6 Å². The van der Waals surface area contributed by atoms with E-state index in [1.165, 1.54) is 11.3 Å². The van der Waals surface area contributed by atoms with Crippen LogP contribution >= 0.6 is 0 Å². The standard InChI is InChI=1S/C20H28N2O2/c1-14-11-22(12-15(2)24-14)13-16(23)10-19-20(3,4)17-8-6-7-9-18(17)21(19)5/h6-10,14-15H,11-13H2,1-5H3/b19-10+. The summed E-state index contributed by atoms with van der Waals surface area (Å²) in [5.41, 5.74) is 3.39. The van der Waals surface area contributed by atoms with Crippen LogP contribution in [0, 0.1) is 0 Å². The molecule has 1 fully saturated rings. The number of nitrogens with zero attached hydrogens (tertiary/aromatic N) is 2. The highest BCUT2D eigenvalue weighted by Gasteiger charge is 2.38. The fourth-order valence-electron chi connectivity index (χ4n) is 4.09. The lowest BCUT2D eigenvalue weighted by Gasteiger charge is -2.34. The van der Waals surface area contributed by atoms with Crippen LogP contribution in [0.2, 0.25) is 0 Å². The van der Waals surface area contributed by atoms with Crippen LogP contribution in [0.1, 0.15) is 33.3 Å². The molecule has 0 radical (unpaired) electrons. The smallest absolute Gasteiger partial charge is 0.171 e. The van der Waals surface area contributed by atoms with Crippen molar-refractivity contribution in [1.82, 2.24) is 4.90 Å². The molecule has 0 aliphatic carbocycles. The Morgan fingerprint density at radius 1 is 1.25 bits per heavy atom. The van der Waals surface area contributed by atoms with Crippen molar-refractivity contribution >= 4 is 11.5 Å². The number of ketones is 1. The average molecular weight is 328 g/mol. The van der Waals surface area contributed by atoms with Crippen molar-refractivity contribution in [2.75, 3.05) is 31.6 Å². The van der Waals surface area contributed by atoms with Crippen molar-refractivity contribution in [2.24, 2.45) is 0 Å². The second kappa shape index (κ2) is 6.34. The highest BCUT2D eigenvalue weighted by atomic mass is 16.5. The second-order valence-electron chi connectivity index (χ2n) is 7.65. The Bertz CT molecular complexity index is 655. The van der Waals surface area contributed by atoms with Gasteiger partial charge in [-0.15, -0.1) is 0 Å². The molecular formula is C20H28N2O2. The van der Waals surface area contributed by atoms with E-state index in [1.807, 2.05) is 19.2 Å². The number of fused-ring (bicyclic) bond motifs is 1. The second-order valence-corrected chi connectivity index (χ2v) is 7.65. The molecule has 4 heteroatoms. The lowest BCUT2D eigenvalue weighted by atomic mass is 9.83. The Morgan fingerprint density at radius 3 is 2.50 bits per heavy atom. The van der Waals surface area contributed by atoms with Crippen LogP contribution in [-0.2, 0) is 14.9 Å². The van der Waals surface area contributed by atoms with Crippen molar-refractivity contribution in [3.05, 3.63) is 41.6 Å². The normalized spacial score (nSPS) is 28.2. The first-order chi connectivity index (χ1) is 11.3. The van der Waals surface area contributed by atoms with Gasteiger partial charge in [-0.05, 0) is 25.5 Å². The van der Waals surface area contributed by atoms with E-state index >= 15 is 0 Å². The fraction of sp³-hybridized carbons (Fsp3) is 0.550. The predicted molar refractivity (Wildman–Crippen MR) is 97.4 cm³/mol. The van der Waals surface area contributed by atoms with Crippen LogP contribution in [0.5, 0.6) is 0 Å². The van der Waals surface area contributed by atoms with E-state index in [-0.39, 0.29) is 23.4 Å². The molecule has 0 aromatic heterocycles. The monoisotopic (exact) mass is 328 g/mol. The van der Waals surface area contributed by atoms with Gasteiger partial charge in [0.2, 0.25) is 0 Å². The topological polar surface area (TPSA) is 32.8 Å². The lowest BCUT2D eigenvalue weighted by Crippen LogP contribution is -2.47. The molecule has 2 unspecified atom stereocenters.